The van der Waals surface area contributed by atoms with Crippen LogP contribution in [0.4, 0.5) is 27.6 Å². The van der Waals surface area contributed by atoms with Crippen molar-refractivity contribution in [3.63, 3.8) is 0 Å². The van der Waals surface area contributed by atoms with Gasteiger partial charge in [-0.2, -0.15) is 13.2 Å². The molecule has 2 rings (SSSR count). The van der Waals surface area contributed by atoms with Crippen molar-refractivity contribution in [2.24, 2.45) is 0 Å². The van der Waals surface area contributed by atoms with Gasteiger partial charge in [-0.25, -0.2) is 17.2 Å². The number of hydrogen-bond acceptors (Lipinski definition) is 2. The highest BCUT2D eigenvalue weighted by Crippen LogP contribution is 2.34. The van der Waals surface area contributed by atoms with Crippen molar-refractivity contribution in [1.82, 2.24) is 0 Å². The maximum atomic E-state index is 13.1. The Morgan fingerprint density at radius 3 is 2.17 bits per heavy atom. The molecule has 23 heavy (non-hydrogen) atoms. The van der Waals surface area contributed by atoms with Crippen LogP contribution in [-0.4, -0.2) is 8.42 Å². The van der Waals surface area contributed by atoms with Gasteiger partial charge in [0.1, 0.15) is 4.90 Å². The lowest BCUT2D eigenvalue weighted by Gasteiger charge is -2.12. The van der Waals surface area contributed by atoms with Gasteiger partial charge in [0.15, 0.2) is 11.6 Å². The van der Waals surface area contributed by atoms with Crippen molar-refractivity contribution >= 4 is 27.3 Å². The van der Waals surface area contributed by atoms with E-state index in [4.69, 9.17) is 11.6 Å². The molecule has 0 saturated heterocycles. The number of benzene rings is 2. The highest BCUT2D eigenvalue weighted by molar-refractivity contribution is 7.92. The van der Waals surface area contributed by atoms with Crippen molar-refractivity contribution in [2.75, 3.05) is 4.72 Å². The lowest BCUT2D eigenvalue weighted by Crippen LogP contribution is -2.15. The van der Waals surface area contributed by atoms with Crippen LogP contribution in [0.5, 0.6) is 0 Å². The Hall–Kier alpha value is -1.87. The van der Waals surface area contributed by atoms with Gasteiger partial charge >= 0.3 is 6.18 Å². The SMILES string of the molecule is O=S(=O)(Nc1ccc(F)c(F)c1)c1cc(C(F)(F)F)ccc1Cl. The molecule has 124 valence electrons. The van der Waals surface area contributed by atoms with E-state index in [9.17, 15) is 30.4 Å². The predicted molar refractivity (Wildman–Crippen MR) is 73.6 cm³/mol. The molecule has 3 nitrogen and oxygen atoms in total. The molecule has 0 radical (unpaired) electrons. The summed E-state index contributed by atoms with van der Waals surface area (Å²) in [4.78, 5) is -0.835. The van der Waals surface area contributed by atoms with Gasteiger partial charge in [0.25, 0.3) is 10.0 Å². The summed E-state index contributed by atoms with van der Waals surface area (Å²) in [5, 5.41) is -0.451. The van der Waals surface area contributed by atoms with Gasteiger partial charge < -0.3 is 0 Å². The summed E-state index contributed by atoms with van der Waals surface area (Å²) in [6.45, 7) is 0. The second-order valence-corrected chi connectivity index (χ2v) is 6.44. The molecule has 0 unspecified atom stereocenters. The number of anilines is 1. The molecule has 2 aromatic carbocycles. The number of rotatable bonds is 3. The smallest absolute Gasteiger partial charge is 0.279 e. The molecule has 0 spiro atoms. The fraction of sp³-hybridized carbons (Fsp3) is 0.0769. The molecule has 0 bridgehead atoms. The summed E-state index contributed by atoms with van der Waals surface area (Å²) in [6, 6.07) is 3.89. The minimum absolute atomic E-state index is 0.352. The van der Waals surface area contributed by atoms with Crippen molar-refractivity contribution in [2.45, 2.75) is 11.1 Å². The summed E-state index contributed by atoms with van der Waals surface area (Å²) >= 11 is 5.63. The molecule has 1 N–H and O–H groups in total. The van der Waals surface area contributed by atoms with E-state index < -0.39 is 43.3 Å². The number of hydrogen-bond donors (Lipinski definition) is 1. The van der Waals surface area contributed by atoms with Crippen LogP contribution in [0, 0.1) is 11.6 Å². The highest BCUT2D eigenvalue weighted by atomic mass is 35.5. The first-order valence-electron chi connectivity index (χ1n) is 5.85. The van der Waals surface area contributed by atoms with Gasteiger partial charge in [0.05, 0.1) is 16.3 Å². The van der Waals surface area contributed by atoms with Crippen LogP contribution in [0.1, 0.15) is 5.56 Å². The average Bonchev–Trinajstić information content (AvgIpc) is 2.41. The van der Waals surface area contributed by atoms with E-state index in [1.165, 1.54) is 0 Å². The largest absolute Gasteiger partial charge is 0.416 e. The first-order chi connectivity index (χ1) is 10.5. The van der Waals surface area contributed by atoms with Crippen molar-refractivity contribution in [1.29, 1.82) is 0 Å². The van der Waals surface area contributed by atoms with Crippen LogP contribution >= 0.6 is 11.6 Å². The number of sulfonamides is 1. The Labute approximate surface area is 132 Å². The number of halogens is 6. The van der Waals surface area contributed by atoms with E-state index >= 15 is 0 Å². The molecular formula is C13H7ClF5NO2S. The van der Waals surface area contributed by atoms with Gasteiger partial charge in [-0.3, -0.25) is 4.72 Å². The summed E-state index contributed by atoms with van der Waals surface area (Å²) in [6.07, 6.45) is -4.77. The molecule has 2 aromatic rings. The molecule has 0 amide bonds. The highest BCUT2D eigenvalue weighted by Gasteiger charge is 2.32. The lowest BCUT2D eigenvalue weighted by atomic mass is 10.2. The zero-order valence-electron chi connectivity index (χ0n) is 11.0. The molecule has 0 aliphatic rings. The van der Waals surface area contributed by atoms with Gasteiger partial charge in [0, 0.05) is 6.07 Å². The summed E-state index contributed by atoms with van der Waals surface area (Å²) in [7, 11) is -4.53. The van der Waals surface area contributed by atoms with Crippen LogP contribution in [0.15, 0.2) is 41.3 Å². The zero-order valence-corrected chi connectivity index (χ0v) is 12.5. The van der Waals surface area contributed by atoms with Gasteiger partial charge in [-0.1, -0.05) is 11.6 Å². The van der Waals surface area contributed by atoms with Crippen molar-refractivity contribution in [3.05, 3.63) is 58.6 Å². The molecule has 10 heteroatoms. The van der Waals surface area contributed by atoms with Gasteiger partial charge in [-0.15, -0.1) is 0 Å². The first-order valence-corrected chi connectivity index (χ1v) is 7.71. The van der Waals surface area contributed by atoms with Crippen LogP contribution in [0.3, 0.4) is 0 Å². The van der Waals surface area contributed by atoms with E-state index in [-0.39, 0.29) is 5.69 Å². The van der Waals surface area contributed by atoms with Crippen LogP contribution in [0.2, 0.25) is 5.02 Å². The maximum Gasteiger partial charge on any atom is 0.416 e. The molecule has 0 atom stereocenters. The Morgan fingerprint density at radius 1 is 0.957 bits per heavy atom. The van der Waals surface area contributed by atoms with E-state index in [0.717, 1.165) is 12.1 Å². The number of alkyl halides is 3. The topological polar surface area (TPSA) is 46.2 Å². The predicted octanol–water partition coefficient (Wildman–Crippen LogP) is 4.44. The Balaban J connectivity index is 2.45. The third-order valence-corrected chi connectivity index (χ3v) is 4.58. The average molecular weight is 372 g/mol. The summed E-state index contributed by atoms with van der Waals surface area (Å²) < 4.78 is 89.9. The Bertz CT molecular complexity index is 852. The monoisotopic (exact) mass is 371 g/mol. The molecule has 0 saturated carbocycles. The fourth-order valence-corrected chi connectivity index (χ4v) is 3.23. The van der Waals surface area contributed by atoms with Crippen LogP contribution < -0.4 is 4.72 Å². The van der Waals surface area contributed by atoms with E-state index in [1.54, 1.807) is 0 Å². The second-order valence-electron chi connectivity index (χ2n) is 4.38. The Morgan fingerprint density at radius 2 is 1.61 bits per heavy atom. The minimum Gasteiger partial charge on any atom is -0.279 e. The fourth-order valence-electron chi connectivity index (χ4n) is 1.66. The quantitative estimate of drug-likeness (QED) is 0.811. The van der Waals surface area contributed by atoms with Gasteiger partial charge in [0.2, 0.25) is 0 Å². The third-order valence-electron chi connectivity index (χ3n) is 2.72. The first kappa shape index (κ1) is 17.5. The van der Waals surface area contributed by atoms with Gasteiger partial charge in [-0.05, 0) is 30.3 Å². The van der Waals surface area contributed by atoms with Crippen LogP contribution in [-0.2, 0) is 16.2 Å². The molecule has 0 aliphatic carbocycles. The van der Waals surface area contributed by atoms with Crippen molar-refractivity contribution in [3.8, 4) is 0 Å². The molecule has 0 aromatic heterocycles. The van der Waals surface area contributed by atoms with Crippen molar-refractivity contribution < 1.29 is 30.4 Å². The minimum atomic E-state index is -4.77. The maximum absolute atomic E-state index is 13.1. The molecular weight excluding hydrogens is 365 g/mol. The molecule has 0 fully saturated rings. The lowest BCUT2D eigenvalue weighted by molar-refractivity contribution is -0.137. The Kier molecular flexibility index (Phi) is 4.54. The normalized spacial score (nSPS) is 12.3. The van der Waals surface area contributed by atoms with E-state index in [1.807, 2.05) is 4.72 Å². The third kappa shape index (κ3) is 3.91. The molecule has 0 aliphatic heterocycles. The summed E-state index contributed by atoms with van der Waals surface area (Å²) in [5.41, 5.74) is -1.58. The zero-order chi connectivity index (χ0) is 17.4. The van der Waals surface area contributed by atoms with E-state index in [2.05, 4.69) is 0 Å². The van der Waals surface area contributed by atoms with Crippen LogP contribution in [0.25, 0.3) is 0 Å². The molecule has 0 heterocycles. The van der Waals surface area contributed by atoms with E-state index in [0.29, 0.717) is 24.3 Å². The number of nitrogens with one attached hydrogen (secondary N) is 1. The second kappa shape index (κ2) is 5.97. The standard InChI is InChI=1S/C13H7ClF5NO2S/c14-9-3-1-7(13(17,18)19)5-12(9)23(21,22)20-8-2-4-10(15)11(16)6-8/h1-6,20H. The summed E-state index contributed by atoms with van der Waals surface area (Å²) in [5.74, 6) is -2.52.